The van der Waals surface area contributed by atoms with Gasteiger partial charge in [0.05, 0.1) is 11.9 Å². The summed E-state index contributed by atoms with van der Waals surface area (Å²) in [6, 6.07) is 17.2. The SMILES string of the molecule is Cc1c(C(=O)NNC(=O)CCc2cnn(-c3ccccc3)c2)oc2ccccc12. The molecule has 0 spiro atoms. The molecule has 4 rings (SSSR count). The van der Waals surface area contributed by atoms with Gasteiger partial charge in [0.25, 0.3) is 0 Å². The summed E-state index contributed by atoms with van der Waals surface area (Å²) in [5, 5.41) is 5.19. The first kappa shape index (κ1) is 18.5. The van der Waals surface area contributed by atoms with Gasteiger partial charge in [0.1, 0.15) is 5.58 Å². The maximum atomic E-state index is 12.3. The largest absolute Gasteiger partial charge is 0.451 e. The molecule has 0 aliphatic rings. The number of aryl methyl sites for hydroxylation is 2. The van der Waals surface area contributed by atoms with E-state index in [0.717, 1.165) is 22.2 Å². The van der Waals surface area contributed by atoms with Crippen molar-refractivity contribution in [2.45, 2.75) is 19.8 Å². The van der Waals surface area contributed by atoms with Crippen molar-refractivity contribution in [3.8, 4) is 5.69 Å². The van der Waals surface area contributed by atoms with Crippen molar-refractivity contribution < 1.29 is 14.0 Å². The summed E-state index contributed by atoms with van der Waals surface area (Å²) in [5.74, 6) is -0.584. The second-order valence-electron chi connectivity index (χ2n) is 6.68. The van der Waals surface area contributed by atoms with Gasteiger partial charge in [0.2, 0.25) is 5.91 Å². The van der Waals surface area contributed by atoms with Crippen LogP contribution in [0.2, 0.25) is 0 Å². The highest BCUT2D eigenvalue weighted by molar-refractivity contribution is 5.99. The molecule has 0 aliphatic carbocycles. The van der Waals surface area contributed by atoms with Crippen LogP contribution in [0.4, 0.5) is 0 Å². The number of rotatable bonds is 5. The van der Waals surface area contributed by atoms with E-state index in [2.05, 4.69) is 16.0 Å². The zero-order valence-corrected chi connectivity index (χ0v) is 15.9. The molecule has 7 heteroatoms. The molecule has 0 bridgehead atoms. The van der Waals surface area contributed by atoms with Crippen LogP contribution >= 0.6 is 0 Å². The number of benzene rings is 2. The third kappa shape index (κ3) is 4.03. The van der Waals surface area contributed by atoms with Crippen molar-refractivity contribution in [1.82, 2.24) is 20.6 Å². The average Bonchev–Trinajstić information content (AvgIpc) is 3.36. The van der Waals surface area contributed by atoms with Crippen molar-refractivity contribution >= 4 is 22.8 Å². The van der Waals surface area contributed by atoms with Gasteiger partial charge in [-0.3, -0.25) is 20.4 Å². The number of para-hydroxylation sites is 2. The van der Waals surface area contributed by atoms with E-state index in [1.165, 1.54) is 0 Å². The van der Waals surface area contributed by atoms with Gasteiger partial charge in [-0.25, -0.2) is 4.68 Å². The van der Waals surface area contributed by atoms with E-state index in [1.807, 2.05) is 61.7 Å². The Morgan fingerprint density at radius 1 is 1.03 bits per heavy atom. The van der Waals surface area contributed by atoms with E-state index in [4.69, 9.17) is 4.42 Å². The number of amides is 2. The van der Waals surface area contributed by atoms with Crippen LogP contribution in [-0.2, 0) is 11.2 Å². The fraction of sp³-hybridized carbons (Fsp3) is 0.136. The van der Waals surface area contributed by atoms with Crippen molar-refractivity contribution in [3.05, 3.63) is 83.9 Å². The minimum Gasteiger partial charge on any atom is -0.451 e. The summed E-state index contributed by atoms with van der Waals surface area (Å²) in [5.41, 5.74) is 8.11. The number of hydrazine groups is 1. The second kappa shape index (κ2) is 8.02. The molecule has 0 aliphatic heterocycles. The monoisotopic (exact) mass is 388 g/mol. The first-order valence-corrected chi connectivity index (χ1v) is 9.28. The average molecular weight is 388 g/mol. The molecule has 0 radical (unpaired) electrons. The van der Waals surface area contributed by atoms with Gasteiger partial charge in [-0.2, -0.15) is 5.10 Å². The summed E-state index contributed by atoms with van der Waals surface area (Å²) >= 11 is 0. The fourth-order valence-electron chi connectivity index (χ4n) is 3.11. The number of nitrogens with one attached hydrogen (secondary N) is 2. The van der Waals surface area contributed by atoms with E-state index in [-0.39, 0.29) is 18.1 Å². The maximum absolute atomic E-state index is 12.3. The summed E-state index contributed by atoms with van der Waals surface area (Å²) in [4.78, 5) is 24.4. The first-order valence-electron chi connectivity index (χ1n) is 9.28. The minimum absolute atomic E-state index is 0.190. The van der Waals surface area contributed by atoms with Gasteiger partial charge in [-0.15, -0.1) is 0 Å². The predicted molar refractivity (Wildman–Crippen MR) is 108 cm³/mol. The number of nitrogens with zero attached hydrogens (tertiary/aromatic N) is 2. The lowest BCUT2D eigenvalue weighted by molar-refractivity contribution is -0.121. The quantitative estimate of drug-likeness (QED) is 0.513. The fourth-order valence-corrected chi connectivity index (χ4v) is 3.11. The number of aromatic nitrogens is 2. The van der Waals surface area contributed by atoms with Crippen LogP contribution in [0.1, 0.15) is 28.1 Å². The van der Waals surface area contributed by atoms with Crippen LogP contribution in [0.25, 0.3) is 16.7 Å². The number of hydrogen-bond acceptors (Lipinski definition) is 4. The molecule has 0 unspecified atom stereocenters. The van der Waals surface area contributed by atoms with Gasteiger partial charge < -0.3 is 4.42 Å². The zero-order chi connectivity index (χ0) is 20.2. The van der Waals surface area contributed by atoms with Gasteiger partial charge >= 0.3 is 5.91 Å². The molecule has 2 N–H and O–H groups in total. The predicted octanol–water partition coefficient (Wildman–Crippen LogP) is 3.32. The van der Waals surface area contributed by atoms with Crippen molar-refractivity contribution in [2.75, 3.05) is 0 Å². The summed E-state index contributed by atoms with van der Waals surface area (Å²) in [6.45, 7) is 1.81. The number of fused-ring (bicyclic) bond motifs is 1. The summed E-state index contributed by atoms with van der Waals surface area (Å²) in [6.07, 6.45) is 4.35. The molecule has 4 aromatic rings. The Kier molecular flexibility index (Phi) is 5.11. The molecule has 0 saturated carbocycles. The van der Waals surface area contributed by atoms with E-state index in [9.17, 15) is 9.59 Å². The molecular weight excluding hydrogens is 368 g/mol. The topological polar surface area (TPSA) is 89.2 Å². The number of carbonyl (C=O) groups is 2. The zero-order valence-electron chi connectivity index (χ0n) is 15.9. The lowest BCUT2D eigenvalue weighted by Crippen LogP contribution is -2.41. The van der Waals surface area contributed by atoms with Gasteiger partial charge in [0.15, 0.2) is 5.76 Å². The highest BCUT2D eigenvalue weighted by Gasteiger charge is 2.17. The van der Waals surface area contributed by atoms with Crippen molar-refractivity contribution in [2.24, 2.45) is 0 Å². The number of furan rings is 1. The lowest BCUT2D eigenvalue weighted by Gasteiger charge is -2.06. The maximum Gasteiger partial charge on any atom is 0.305 e. The lowest BCUT2D eigenvalue weighted by atomic mass is 10.1. The molecule has 0 saturated heterocycles. The number of hydrogen-bond donors (Lipinski definition) is 2. The Balaban J connectivity index is 1.30. The van der Waals surface area contributed by atoms with Crippen LogP contribution in [0, 0.1) is 6.92 Å². The Morgan fingerprint density at radius 2 is 1.79 bits per heavy atom. The van der Waals surface area contributed by atoms with E-state index < -0.39 is 5.91 Å². The molecular formula is C22H20N4O3. The number of carbonyl (C=O) groups excluding carboxylic acids is 2. The van der Waals surface area contributed by atoms with Crippen LogP contribution < -0.4 is 10.9 Å². The molecule has 2 heterocycles. The van der Waals surface area contributed by atoms with E-state index in [0.29, 0.717) is 12.0 Å². The van der Waals surface area contributed by atoms with Crippen LogP contribution in [0.5, 0.6) is 0 Å². The highest BCUT2D eigenvalue weighted by atomic mass is 16.3. The molecule has 0 atom stereocenters. The molecule has 2 aromatic heterocycles. The molecule has 146 valence electrons. The Morgan fingerprint density at radius 3 is 2.59 bits per heavy atom. The molecule has 2 aromatic carbocycles. The van der Waals surface area contributed by atoms with Gasteiger partial charge in [-0.1, -0.05) is 36.4 Å². The standard InChI is InChI=1S/C22H20N4O3/c1-15-18-9-5-6-10-19(18)29-21(15)22(28)25-24-20(27)12-11-16-13-23-26(14-16)17-7-3-2-4-8-17/h2-10,13-14H,11-12H2,1H3,(H,24,27)(H,25,28). The van der Waals surface area contributed by atoms with Gasteiger partial charge in [0, 0.05) is 23.6 Å². The van der Waals surface area contributed by atoms with Crippen LogP contribution in [-0.4, -0.2) is 21.6 Å². The third-order valence-corrected chi connectivity index (χ3v) is 4.66. The first-order chi connectivity index (χ1) is 14.1. The van der Waals surface area contributed by atoms with Crippen molar-refractivity contribution in [1.29, 1.82) is 0 Å². The molecule has 29 heavy (non-hydrogen) atoms. The van der Waals surface area contributed by atoms with Crippen molar-refractivity contribution in [3.63, 3.8) is 0 Å². The molecule has 2 amide bonds. The summed E-state index contributed by atoms with van der Waals surface area (Å²) in [7, 11) is 0. The second-order valence-corrected chi connectivity index (χ2v) is 6.68. The minimum atomic E-state index is -0.482. The van der Waals surface area contributed by atoms with E-state index >= 15 is 0 Å². The van der Waals surface area contributed by atoms with Gasteiger partial charge in [-0.05, 0) is 37.1 Å². The molecule has 0 fully saturated rings. The smallest absolute Gasteiger partial charge is 0.305 e. The Hall–Kier alpha value is -3.87. The third-order valence-electron chi connectivity index (χ3n) is 4.66. The van der Waals surface area contributed by atoms with Crippen LogP contribution in [0.3, 0.4) is 0 Å². The van der Waals surface area contributed by atoms with E-state index in [1.54, 1.807) is 16.9 Å². The normalized spacial score (nSPS) is 10.8. The molecule has 7 nitrogen and oxygen atoms in total. The Bertz CT molecular complexity index is 1160. The van der Waals surface area contributed by atoms with Crippen LogP contribution in [0.15, 0.2) is 71.4 Å². The highest BCUT2D eigenvalue weighted by Crippen LogP contribution is 2.24. The summed E-state index contributed by atoms with van der Waals surface area (Å²) < 4.78 is 7.36. The Labute approximate surface area is 167 Å².